The molecule has 3 N–H and O–H groups in total. The minimum absolute atomic E-state index is 0.531. The second-order valence-corrected chi connectivity index (χ2v) is 5.62. The Morgan fingerprint density at radius 2 is 2.05 bits per heavy atom. The molecule has 1 atom stereocenters. The molecule has 0 fully saturated rings. The maximum atomic E-state index is 12.1. The first-order valence-electron chi connectivity index (χ1n) is 6.39. The lowest BCUT2D eigenvalue weighted by Crippen LogP contribution is -2.42. The third-order valence-electron chi connectivity index (χ3n) is 3.18. The van der Waals surface area contributed by atoms with Gasteiger partial charge in [0.2, 0.25) is 0 Å². The lowest BCUT2D eigenvalue weighted by molar-refractivity contribution is -0.127. The Morgan fingerprint density at radius 3 is 2.75 bits per heavy atom. The molecule has 1 aromatic heterocycles. The van der Waals surface area contributed by atoms with Crippen LogP contribution in [0.5, 0.6) is 0 Å². The van der Waals surface area contributed by atoms with Crippen LogP contribution < -0.4 is 11.1 Å². The van der Waals surface area contributed by atoms with Gasteiger partial charge in [-0.05, 0) is 38.2 Å². The van der Waals surface area contributed by atoms with Gasteiger partial charge in [-0.3, -0.25) is 10.1 Å². The summed E-state index contributed by atoms with van der Waals surface area (Å²) >= 11 is 1.55. The number of primary amides is 1. The maximum absolute atomic E-state index is 12.1. The number of urea groups is 1. The van der Waals surface area contributed by atoms with E-state index in [4.69, 9.17) is 10.5 Å². The summed E-state index contributed by atoms with van der Waals surface area (Å²) in [4.78, 5) is 35.3. The van der Waals surface area contributed by atoms with Gasteiger partial charge in [0, 0.05) is 10.3 Å². The number of aryl methyl sites for hydroxylation is 1. The van der Waals surface area contributed by atoms with E-state index in [1.165, 1.54) is 11.8 Å². The number of carbonyl (C=O) groups excluding carboxylic acids is 3. The van der Waals surface area contributed by atoms with Crippen molar-refractivity contribution >= 4 is 29.2 Å². The molecule has 0 spiro atoms. The van der Waals surface area contributed by atoms with Crippen molar-refractivity contribution in [2.24, 2.45) is 5.73 Å². The third kappa shape index (κ3) is 3.16. The number of rotatable bonds is 3. The second-order valence-electron chi connectivity index (χ2n) is 4.66. The summed E-state index contributed by atoms with van der Waals surface area (Å²) in [7, 11) is 0. The molecular weight excluding hydrogens is 280 g/mol. The van der Waals surface area contributed by atoms with Crippen molar-refractivity contribution in [3.63, 3.8) is 0 Å². The third-order valence-corrected chi connectivity index (χ3v) is 4.27. The van der Waals surface area contributed by atoms with Crippen molar-refractivity contribution in [2.45, 2.75) is 38.7 Å². The first-order valence-corrected chi connectivity index (χ1v) is 7.27. The Morgan fingerprint density at radius 1 is 1.35 bits per heavy atom. The van der Waals surface area contributed by atoms with Crippen LogP contribution in [0.3, 0.4) is 0 Å². The van der Waals surface area contributed by atoms with Crippen molar-refractivity contribution in [1.29, 1.82) is 0 Å². The molecular formula is C13H16N2O4S. The SMILES string of the molecule is C[C@@H](OC(=O)c1csc2c1CCCC2)C(=O)NC(N)=O. The van der Waals surface area contributed by atoms with Gasteiger partial charge in [-0.2, -0.15) is 0 Å². The zero-order chi connectivity index (χ0) is 14.7. The maximum Gasteiger partial charge on any atom is 0.340 e. The predicted molar refractivity (Wildman–Crippen MR) is 73.6 cm³/mol. The molecule has 108 valence electrons. The van der Waals surface area contributed by atoms with Gasteiger partial charge >= 0.3 is 12.0 Å². The van der Waals surface area contributed by atoms with E-state index < -0.39 is 24.0 Å². The van der Waals surface area contributed by atoms with Gasteiger partial charge in [0.25, 0.3) is 5.91 Å². The fourth-order valence-electron chi connectivity index (χ4n) is 2.17. The number of imide groups is 1. The summed E-state index contributed by atoms with van der Waals surface area (Å²) in [5.41, 5.74) is 6.40. The summed E-state index contributed by atoms with van der Waals surface area (Å²) < 4.78 is 5.07. The molecule has 2 rings (SSSR count). The number of esters is 1. The highest BCUT2D eigenvalue weighted by molar-refractivity contribution is 7.10. The Hall–Kier alpha value is -1.89. The summed E-state index contributed by atoms with van der Waals surface area (Å²) in [5.74, 6) is -1.26. The van der Waals surface area contributed by atoms with Gasteiger partial charge in [0.05, 0.1) is 5.56 Å². The lowest BCUT2D eigenvalue weighted by atomic mass is 9.96. The molecule has 0 aliphatic heterocycles. The molecule has 0 bridgehead atoms. The molecule has 0 aromatic carbocycles. The minimum Gasteiger partial charge on any atom is -0.449 e. The van der Waals surface area contributed by atoms with E-state index in [2.05, 4.69) is 0 Å². The van der Waals surface area contributed by atoms with Crippen LogP contribution in [0.4, 0.5) is 4.79 Å². The van der Waals surface area contributed by atoms with Crippen molar-refractivity contribution in [3.8, 4) is 0 Å². The number of carbonyl (C=O) groups is 3. The van der Waals surface area contributed by atoms with Crippen LogP contribution in [0.15, 0.2) is 5.38 Å². The van der Waals surface area contributed by atoms with Crippen LogP contribution in [0.1, 0.15) is 40.6 Å². The molecule has 0 unspecified atom stereocenters. The quantitative estimate of drug-likeness (QED) is 0.823. The Bertz CT molecular complexity index is 553. The molecule has 1 aliphatic rings. The van der Waals surface area contributed by atoms with E-state index in [1.54, 1.807) is 16.7 Å². The Balaban J connectivity index is 2.03. The van der Waals surface area contributed by atoms with Crippen molar-refractivity contribution in [3.05, 3.63) is 21.4 Å². The monoisotopic (exact) mass is 296 g/mol. The average molecular weight is 296 g/mol. The topological polar surface area (TPSA) is 98.5 Å². The van der Waals surface area contributed by atoms with Crippen LogP contribution in [0.2, 0.25) is 0 Å². The van der Waals surface area contributed by atoms with Gasteiger partial charge in [0.1, 0.15) is 0 Å². The molecule has 20 heavy (non-hydrogen) atoms. The van der Waals surface area contributed by atoms with Crippen LogP contribution >= 0.6 is 11.3 Å². The van der Waals surface area contributed by atoms with E-state index in [-0.39, 0.29) is 0 Å². The van der Waals surface area contributed by atoms with E-state index in [9.17, 15) is 14.4 Å². The smallest absolute Gasteiger partial charge is 0.340 e. The van der Waals surface area contributed by atoms with Gasteiger partial charge in [-0.1, -0.05) is 0 Å². The van der Waals surface area contributed by atoms with Crippen LogP contribution in [-0.4, -0.2) is 24.0 Å². The van der Waals surface area contributed by atoms with Crippen LogP contribution in [0, 0.1) is 0 Å². The summed E-state index contributed by atoms with van der Waals surface area (Å²) in [6.45, 7) is 1.40. The first-order chi connectivity index (χ1) is 9.49. The van der Waals surface area contributed by atoms with Crippen molar-refractivity contribution in [2.75, 3.05) is 0 Å². The van der Waals surface area contributed by atoms with Gasteiger partial charge in [-0.25, -0.2) is 9.59 Å². The number of hydrogen-bond acceptors (Lipinski definition) is 5. The van der Waals surface area contributed by atoms with E-state index in [0.29, 0.717) is 5.56 Å². The summed E-state index contributed by atoms with van der Waals surface area (Å²) in [6, 6.07) is -0.967. The van der Waals surface area contributed by atoms with E-state index in [0.717, 1.165) is 31.2 Å². The van der Waals surface area contributed by atoms with E-state index >= 15 is 0 Å². The zero-order valence-corrected chi connectivity index (χ0v) is 11.9. The molecule has 3 amide bonds. The Kier molecular flexibility index (Phi) is 4.39. The van der Waals surface area contributed by atoms with Crippen molar-refractivity contribution in [1.82, 2.24) is 5.32 Å². The number of hydrogen-bond donors (Lipinski definition) is 2. The largest absolute Gasteiger partial charge is 0.449 e. The predicted octanol–water partition coefficient (Wildman–Crippen LogP) is 1.37. The number of thiophene rings is 1. The fourth-order valence-corrected chi connectivity index (χ4v) is 3.28. The molecule has 0 saturated heterocycles. The van der Waals surface area contributed by atoms with Gasteiger partial charge < -0.3 is 10.5 Å². The van der Waals surface area contributed by atoms with Gasteiger partial charge in [-0.15, -0.1) is 11.3 Å². The normalized spacial score (nSPS) is 15.1. The molecule has 1 aliphatic carbocycles. The van der Waals surface area contributed by atoms with Crippen LogP contribution in [-0.2, 0) is 22.4 Å². The number of fused-ring (bicyclic) bond motifs is 1. The number of nitrogens with one attached hydrogen (secondary N) is 1. The second kappa shape index (κ2) is 6.04. The fraction of sp³-hybridized carbons (Fsp3) is 0.462. The molecule has 6 nitrogen and oxygen atoms in total. The highest BCUT2D eigenvalue weighted by Crippen LogP contribution is 2.30. The van der Waals surface area contributed by atoms with Crippen LogP contribution in [0.25, 0.3) is 0 Å². The highest BCUT2D eigenvalue weighted by atomic mass is 32.1. The van der Waals surface area contributed by atoms with Crippen molar-refractivity contribution < 1.29 is 19.1 Å². The van der Waals surface area contributed by atoms with E-state index in [1.807, 2.05) is 5.32 Å². The minimum atomic E-state index is -1.06. The number of nitrogens with two attached hydrogens (primary N) is 1. The summed E-state index contributed by atoms with van der Waals surface area (Å²) in [5, 5.41) is 3.66. The molecule has 0 radical (unpaired) electrons. The average Bonchev–Trinajstić information content (AvgIpc) is 2.81. The molecule has 1 heterocycles. The van der Waals surface area contributed by atoms with Gasteiger partial charge in [0.15, 0.2) is 6.10 Å². The molecule has 1 aromatic rings. The highest BCUT2D eigenvalue weighted by Gasteiger charge is 2.25. The molecule has 7 heteroatoms. The number of amides is 3. The standard InChI is InChI=1S/C13H16N2O4S/c1-7(11(16)15-13(14)18)19-12(17)9-6-20-10-5-3-2-4-8(9)10/h6-7H,2-5H2,1H3,(H3,14,15,16,18)/t7-/m1/s1. The first kappa shape index (κ1) is 14.5. The zero-order valence-electron chi connectivity index (χ0n) is 11.1. The number of ether oxygens (including phenoxy) is 1. The summed E-state index contributed by atoms with van der Waals surface area (Å²) in [6.07, 6.45) is 2.99. The molecule has 0 saturated carbocycles. The lowest BCUT2D eigenvalue weighted by Gasteiger charge is -2.14. The Labute approximate surface area is 120 Å².